The van der Waals surface area contributed by atoms with Crippen molar-refractivity contribution in [3.05, 3.63) is 52.6 Å². The number of nitrogens with one attached hydrogen (secondary N) is 1. The maximum Gasteiger partial charge on any atom is 0.151 e. The predicted molar refractivity (Wildman–Crippen MR) is 83.5 cm³/mol. The lowest BCUT2D eigenvalue weighted by atomic mass is 10.1. The first-order chi connectivity index (χ1) is 9.92. The predicted octanol–water partition coefficient (Wildman–Crippen LogP) is 4.00. The minimum atomic E-state index is -0.822. The van der Waals surface area contributed by atoms with E-state index < -0.39 is 11.6 Å². The Balaban J connectivity index is 2.50. The number of halogens is 3. The Kier molecular flexibility index (Phi) is 4.59. The lowest BCUT2D eigenvalue weighted by Gasteiger charge is -2.14. The van der Waals surface area contributed by atoms with Crippen molar-refractivity contribution in [2.45, 2.75) is 0 Å². The van der Waals surface area contributed by atoms with Gasteiger partial charge in [-0.1, -0.05) is 23.8 Å². The van der Waals surface area contributed by atoms with Crippen LogP contribution in [0.15, 0.2) is 30.3 Å². The highest BCUT2D eigenvalue weighted by molar-refractivity contribution is 7.80. The highest BCUT2D eigenvalue weighted by Crippen LogP contribution is 2.32. The van der Waals surface area contributed by atoms with Crippen LogP contribution in [0.25, 0.3) is 0 Å². The third kappa shape index (κ3) is 3.40. The number of ether oxygens (including phenoxy) is 1. The van der Waals surface area contributed by atoms with Crippen LogP contribution in [0.2, 0.25) is 5.02 Å². The van der Waals surface area contributed by atoms with E-state index in [4.69, 9.17) is 34.3 Å². The average molecular weight is 329 g/mol. The van der Waals surface area contributed by atoms with Gasteiger partial charge in [-0.25, -0.2) is 8.78 Å². The van der Waals surface area contributed by atoms with Gasteiger partial charge in [0.2, 0.25) is 0 Å². The Morgan fingerprint density at radius 1 is 1.29 bits per heavy atom. The first kappa shape index (κ1) is 15.5. The molecule has 2 aromatic rings. The molecular weight excluding hydrogens is 318 g/mol. The molecule has 0 saturated carbocycles. The van der Waals surface area contributed by atoms with E-state index in [1.54, 1.807) is 18.2 Å². The van der Waals surface area contributed by atoms with Crippen LogP contribution in [0.1, 0.15) is 5.56 Å². The standard InChI is InChI=1S/C14H11ClF2N2OS/c1-20-8-2-3-9(14(18)21)12(6-8)19-13-10(15)4-7(16)5-11(13)17/h2-6,19H,1H3,(H2,18,21). The number of methoxy groups -OCH3 is 1. The zero-order valence-corrected chi connectivity index (χ0v) is 12.5. The Labute approximate surface area is 130 Å². The summed E-state index contributed by atoms with van der Waals surface area (Å²) < 4.78 is 32.0. The fourth-order valence-corrected chi connectivity index (χ4v) is 2.18. The molecule has 0 unspecified atom stereocenters. The maximum atomic E-state index is 13.8. The molecule has 0 bridgehead atoms. The summed E-state index contributed by atoms with van der Waals surface area (Å²) in [5.74, 6) is -1.06. The molecule has 0 aromatic heterocycles. The molecule has 0 aliphatic rings. The third-order valence-electron chi connectivity index (χ3n) is 2.76. The van der Waals surface area contributed by atoms with Crippen molar-refractivity contribution < 1.29 is 13.5 Å². The van der Waals surface area contributed by atoms with Crippen LogP contribution in [0.5, 0.6) is 5.75 Å². The Hall–Kier alpha value is -1.92. The molecule has 3 nitrogen and oxygen atoms in total. The van der Waals surface area contributed by atoms with Crippen molar-refractivity contribution in [2.24, 2.45) is 5.73 Å². The number of hydrogen-bond donors (Lipinski definition) is 2. The van der Waals surface area contributed by atoms with Gasteiger partial charge in [-0.05, 0) is 18.2 Å². The molecule has 0 amide bonds. The summed E-state index contributed by atoms with van der Waals surface area (Å²) >= 11 is 10.8. The zero-order chi connectivity index (χ0) is 15.6. The minimum Gasteiger partial charge on any atom is -0.497 e. The Bertz CT molecular complexity index is 686. The fraction of sp³-hybridized carbons (Fsp3) is 0.0714. The van der Waals surface area contributed by atoms with Crippen LogP contribution >= 0.6 is 23.8 Å². The van der Waals surface area contributed by atoms with Gasteiger partial charge in [0.05, 0.1) is 23.5 Å². The SMILES string of the molecule is COc1ccc(C(N)=S)c(Nc2c(F)cc(F)cc2Cl)c1. The summed E-state index contributed by atoms with van der Waals surface area (Å²) in [4.78, 5) is 0.124. The fourth-order valence-electron chi connectivity index (χ4n) is 1.76. The second kappa shape index (κ2) is 6.24. The number of anilines is 2. The van der Waals surface area contributed by atoms with Crippen LogP contribution in [-0.2, 0) is 0 Å². The number of benzene rings is 2. The van der Waals surface area contributed by atoms with Gasteiger partial charge in [-0.3, -0.25) is 0 Å². The highest BCUT2D eigenvalue weighted by atomic mass is 35.5. The first-order valence-corrected chi connectivity index (χ1v) is 6.60. The van der Waals surface area contributed by atoms with Gasteiger partial charge >= 0.3 is 0 Å². The second-order valence-corrected chi connectivity index (χ2v) is 4.99. The van der Waals surface area contributed by atoms with Crippen molar-refractivity contribution in [1.82, 2.24) is 0 Å². The summed E-state index contributed by atoms with van der Waals surface area (Å²) in [6, 6.07) is 6.64. The van der Waals surface area contributed by atoms with E-state index in [0.717, 1.165) is 12.1 Å². The van der Waals surface area contributed by atoms with Crippen LogP contribution < -0.4 is 15.8 Å². The minimum absolute atomic E-state index is 0.0659. The molecule has 0 atom stereocenters. The largest absolute Gasteiger partial charge is 0.497 e. The molecule has 3 N–H and O–H groups in total. The smallest absolute Gasteiger partial charge is 0.151 e. The molecule has 0 aliphatic carbocycles. The Morgan fingerprint density at radius 2 is 2.00 bits per heavy atom. The number of rotatable bonds is 4. The molecule has 0 aliphatic heterocycles. The van der Waals surface area contributed by atoms with Crippen LogP contribution in [0.3, 0.4) is 0 Å². The molecule has 7 heteroatoms. The summed E-state index contributed by atoms with van der Waals surface area (Å²) in [7, 11) is 1.49. The van der Waals surface area contributed by atoms with Crippen molar-refractivity contribution in [3.8, 4) is 5.75 Å². The molecule has 0 spiro atoms. The number of hydrogen-bond acceptors (Lipinski definition) is 3. The second-order valence-electron chi connectivity index (χ2n) is 4.15. The summed E-state index contributed by atoms with van der Waals surface area (Å²) in [6.07, 6.45) is 0. The van der Waals surface area contributed by atoms with Gasteiger partial charge in [0.15, 0.2) is 5.82 Å². The summed E-state index contributed by atoms with van der Waals surface area (Å²) in [5, 5.41) is 2.68. The van der Waals surface area contributed by atoms with Crippen LogP contribution in [-0.4, -0.2) is 12.1 Å². The van der Waals surface area contributed by atoms with E-state index >= 15 is 0 Å². The van der Waals surface area contributed by atoms with Crippen molar-refractivity contribution in [3.63, 3.8) is 0 Å². The van der Waals surface area contributed by atoms with Crippen molar-refractivity contribution in [2.75, 3.05) is 12.4 Å². The van der Waals surface area contributed by atoms with E-state index in [0.29, 0.717) is 17.0 Å². The average Bonchev–Trinajstić information content (AvgIpc) is 2.42. The maximum absolute atomic E-state index is 13.8. The molecular formula is C14H11ClF2N2OS. The molecule has 0 fully saturated rings. The van der Waals surface area contributed by atoms with Gasteiger partial charge in [0, 0.05) is 17.7 Å². The van der Waals surface area contributed by atoms with Crippen molar-refractivity contribution in [1.29, 1.82) is 0 Å². The van der Waals surface area contributed by atoms with E-state index in [1.807, 2.05) is 0 Å². The van der Waals surface area contributed by atoms with Crippen LogP contribution in [0.4, 0.5) is 20.2 Å². The normalized spacial score (nSPS) is 10.3. The first-order valence-electron chi connectivity index (χ1n) is 5.81. The molecule has 110 valence electrons. The van der Waals surface area contributed by atoms with Gasteiger partial charge in [0.1, 0.15) is 16.6 Å². The highest BCUT2D eigenvalue weighted by Gasteiger charge is 2.14. The summed E-state index contributed by atoms with van der Waals surface area (Å²) in [5.41, 5.74) is 6.46. The third-order valence-corrected chi connectivity index (χ3v) is 3.28. The quantitative estimate of drug-likeness (QED) is 0.833. The zero-order valence-electron chi connectivity index (χ0n) is 10.9. The van der Waals surface area contributed by atoms with E-state index in [2.05, 4.69) is 5.32 Å². The summed E-state index contributed by atoms with van der Waals surface area (Å²) in [6.45, 7) is 0. The molecule has 2 aromatic carbocycles. The molecule has 0 heterocycles. The number of thiocarbonyl (C=S) groups is 1. The number of nitrogens with two attached hydrogens (primary N) is 1. The molecule has 0 radical (unpaired) electrons. The lowest BCUT2D eigenvalue weighted by Crippen LogP contribution is -2.12. The van der Waals surface area contributed by atoms with Gasteiger partial charge in [-0.15, -0.1) is 0 Å². The van der Waals surface area contributed by atoms with Gasteiger partial charge < -0.3 is 15.8 Å². The van der Waals surface area contributed by atoms with Gasteiger partial charge in [-0.2, -0.15) is 0 Å². The van der Waals surface area contributed by atoms with Crippen molar-refractivity contribution >= 4 is 40.2 Å². The monoisotopic (exact) mass is 328 g/mol. The lowest BCUT2D eigenvalue weighted by molar-refractivity contribution is 0.415. The molecule has 2 rings (SSSR count). The van der Waals surface area contributed by atoms with Gasteiger partial charge in [0.25, 0.3) is 0 Å². The van der Waals surface area contributed by atoms with Crippen LogP contribution in [0, 0.1) is 11.6 Å². The Morgan fingerprint density at radius 3 is 2.57 bits per heavy atom. The molecule has 21 heavy (non-hydrogen) atoms. The molecule has 0 saturated heterocycles. The van der Waals surface area contributed by atoms with E-state index in [9.17, 15) is 8.78 Å². The van der Waals surface area contributed by atoms with E-state index in [1.165, 1.54) is 7.11 Å². The van der Waals surface area contributed by atoms with E-state index in [-0.39, 0.29) is 15.7 Å². The topological polar surface area (TPSA) is 47.3 Å².